The highest BCUT2D eigenvalue weighted by Gasteiger charge is 2.40. The van der Waals surface area contributed by atoms with Gasteiger partial charge < -0.3 is 5.21 Å². The lowest BCUT2D eigenvalue weighted by molar-refractivity contribution is 0.155. The molecule has 2 aliphatic heterocycles. The molecule has 2 unspecified atom stereocenters. The molecule has 8 heteroatoms. The minimum absolute atomic E-state index is 0. The van der Waals surface area contributed by atoms with Crippen LogP contribution in [0.1, 0.15) is 23.5 Å². The van der Waals surface area contributed by atoms with Crippen LogP contribution in [0.2, 0.25) is 0 Å². The number of aromatic nitrogens is 2. The van der Waals surface area contributed by atoms with Crippen LogP contribution in [0.25, 0.3) is 0 Å². The maximum Gasteiger partial charge on any atom is 0.362 e. The number of hydrogen-bond donors (Lipinski definition) is 2. The van der Waals surface area contributed by atoms with Gasteiger partial charge in [-0.2, -0.15) is 0 Å². The number of fused-ring (bicyclic) bond motifs is 3. The Morgan fingerprint density at radius 1 is 1.25 bits per heavy atom. The van der Waals surface area contributed by atoms with Gasteiger partial charge in [0, 0.05) is 24.3 Å². The molecule has 0 bridgehead atoms. The number of nitrogens with zero attached hydrogens (tertiary/aromatic N) is 2. The Labute approximate surface area is 148 Å². The van der Waals surface area contributed by atoms with Crippen molar-refractivity contribution >= 4 is 24.2 Å². The number of thioether (sulfide) groups is 1. The van der Waals surface area contributed by atoms with Gasteiger partial charge >= 0.3 is 5.69 Å². The maximum atomic E-state index is 12.2. The summed E-state index contributed by atoms with van der Waals surface area (Å²) in [5, 5.41) is 10.4. The van der Waals surface area contributed by atoms with Gasteiger partial charge in [-0.3, -0.25) is 14.7 Å². The van der Waals surface area contributed by atoms with E-state index in [1.165, 1.54) is 5.56 Å². The predicted molar refractivity (Wildman–Crippen MR) is 94.5 cm³/mol. The molecule has 0 amide bonds. The van der Waals surface area contributed by atoms with Gasteiger partial charge in [-0.25, -0.2) is 4.79 Å². The minimum atomic E-state index is -0.763. The highest BCUT2D eigenvalue weighted by molar-refractivity contribution is 8.00. The molecule has 6 nitrogen and oxygen atoms in total. The van der Waals surface area contributed by atoms with Crippen molar-refractivity contribution in [1.29, 1.82) is 0 Å². The number of benzene rings is 1. The minimum Gasteiger partial charge on any atom is -0.421 e. The van der Waals surface area contributed by atoms with Crippen molar-refractivity contribution in [3.05, 3.63) is 62.3 Å². The lowest BCUT2D eigenvalue weighted by Crippen LogP contribution is -2.41. The van der Waals surface area contributed by atoms with Gasteiger partial charge in [0.2, 0.25) is 0 Å². The first-order valence-corrected chi connectivity index (χ1v) is 8.53. The Morgan fingerprint density at radius 3 is 2.75 bits per heavy atom. The second-order valence-electron chi connectivity index (χ2n) is 6.06. The first kappa shape index (κ1) is 17.1. The summed E-state index contributed by atoms with van der Waals surface area (Å²) in [6.45, 7) is 2.66. The van der Waals surface area contributed by atoms with Crippen molar-refractivity contribution in [2.24, 2.45) is 0 Å². The van der Waals surface area contributed by atoms with Crippen LogP contribution in [-0.2, 0) is 6.54 Å². The Hall–Kier alpha value is -1.70. The number of halogens is 1. The van der Waals surface area contributed by atoms with E-state index in [2.05, 4.69) is 22.0 Å². The van der Waals surface area contributed by atoms with E-state index in [1.54, 1.807) is 11.8 Å². The van der Waals surface area contributed by atoms with Crippen LogP contribution in [0.15, 0.2) is 44.9 Å². The SMILES string of the molecule is Cl.O=c1[nH]c2c(c(=O)n1O)C1CCN(Cc3ccccc3)CC1S2. The van der Waals surface area contributed by atoms with Gasteiger partial charge in [0.05, 0.1) is 10.6 Å². The van der Waals surface area contributed by atoms with E-state index in [0.29, 0.717) is 10.6 Å². The summed E-state index contributed by atoms with van der Waals surface area (Å²) in [5.41, 5.74) is 0.514. The molecule has 2 aromatic rings. The number of piperidine rings is 1. The zero-order chi connectivity index (χ0) is 16.0. The molecule has 128 valence electrons. The summed E-state index contributed by atoms with van der Waals surface area (Å²) >= 11 is 1.55. The van der Waals surface area contributed by atoms with Gasteiger partial charge in [0.25, 0.3) is 5.56 Å². The third kappa shape index (κ3) is 2.87. The highest BCUT2D eigenvalue weighted by Crippen LogP contribution is 2.46. The van der Waals surface area contributed by atoms with Crippen molar-refractivity contribution in [2.75, 3.05) is 13.1 Å². The molecular formula is C16H18ClN3O3S. The quantitative estimate of drug-likeness (QED) is 0.623. The lowest BCUT2D eigenvalue weighted by atomic mass is 9.90. The Kier molecular flexibility index (Phi) is 4.76. The number of H-pyrrole nitrogens is 1. The molecule has 2 N–H and O–H groups in total. The van der Waals surface area contributed by atoms with Crippen LogP contribution in [0.3, 0.4) is 0 Å². The summed E-state index contributed by atoms with van der Waals surface area (Å²) in [4.78, 5) is 28.7. The third-order valence-electron chi connectivity index (χ3n) is 4.61. The van der Waals surface area contributed by atoms with Crippen LogP contribution in [-0.4, -0.2) is 38.2 Å². The molecule has 0 aliphatic carbocycles. The molecule has 1 saturated heterocycles. The first-order chi connectivity index (χ1) is 11.1. The van der Waals surface area contributed by atoms with E-state index >= 15 is 0 Å². The molecule has 4 rings (SSSR count). The van der Waals surface area contributed by atoms with Crippen molar-refractivity contribution in [3.63, 3.8) is 0 Å². The third-order valence-corrected chi connectivity index (χ3v) is 5.95. The zero-order valence-electron chi connectivity index (χ0n) is 12.8. The summed E-state index contributed by atoms with van der Waals surface area (Å²) in [5.74, 6) is 0.102. The molecule has 0 spiro atoms. The maximum absolute atomic E-state index is 12.2. The van der Waals surface area contributed by atoms with E-state index in [1.807, 2.05) is 18.2 Å². The fourth-order valence-electron chi connectivity index (χ4n) is 3.51. The monoisotopic (exact) mass is 367 g/mol. The average Bonchev–Trinajstić information content (AvgIpc) is 2.91. The standard InChI is InChI=1S/C16H17N3O3S.ClH/c20-15-13-11-6-7-18(8-10-4-2-1-3-5-10)9-12(11)23-14(13)17-16(21)19(15)22;/h1-5,11-12,22H,6-9H2,(H,17,21);1H. The van der Waals surface area contributed by atoms with Gasteiger partial charge in [-0.15, -0.1) is 24.2 Å². The van der Waals surface area contributed by atoms with E-state index < -0.39 is 11.2 Å². The van der Waals surface area contributed by atoms with E-state index in [0.717, 1.165) is 26.1 Å². The van der Waals surface area contributed by atoms with Gasteiger partial charge in [0.15, 0.2) is 0 Å². The van der Waals surface area contributed by atoms with Crippen molar-refractivity contribution in [2.45, 2.75) is 29.2 Å². The number of nitrogens with one attached hydrogen (secondary N) is 1. The number of hydrogen-bond acceptors (Lipinski definition) is 5. The highest BCUT2D eigenvalue weighted by atomic mass is 35.5. The molecule has 24 heavy (non-hydrogen) atoms. The Morgan fingerprint density at radius 2 is 2.00 bits per heavy atom. The lowest BCUT2D eigenvalue weighted by Gasteiger charge is -2.34. The first-order valence-electron chi connectivity index (χ1n) is 7.65. The van der Waals surface area contributed by atoms with Gasteiger partial charge in [0.1, 0.15) is 0 Å². The normalized spacial score (nSPS) is 22.5. The molecule has 1 aromatic carbocycles. The van der Waals surface area contributed by atoms with Crippen LogP contribution in [0.4, 0.5) is 0 Å². The second kappa shape index (κ2) is 6.66. The van der Waals surface area contributed by atoms with Crippen LogP contribution < -0.4 is 11.2 Å². The van der Waals surface area contributed by atoms with Crippen molar-refractivity contribution < 1.29 is 5.21 Å². The molecule has 0 saturated carbocycles. The molecule has 1 fully saturated rings. The van der Waals surface area contributed by atoms with Crippen LogP contribution in [0, 0.1) is 0 Å². The molecule has 0 radical (unpaired) electrons. The summed E-state index contributed by atoms with van der Waals surface area (Å²) in [6, 6.07) is 10.3. The number of rotatable bonds is 2. The summed E-state index contributed by atoms with van der Waals surface area (Å²) < 4.78 is 0.193. The summed E-state index contributed by atoms with van der Waals surface area (Å²) in [7, 11) is 0. The summed E-state index contributed by atoms with van der Waals surface area (Å²) in [6.07, 6.45) is 0.860. The van der Waals surface area contributed by atoms with Gasteiger partial charge in [-0.1, -0.05) is 35.1 Å². The fourth-order valence-corrected chi connectivity index (χ4v) is 5.04. The van der Waals surface area contributed by atoms with Crippen molar-refractivity contribution in [1.82, 2.24) is 14.6 Å². The molecule has 2 aliphatic rings. The largest absolute Gasteiger partial charge is 0.421 e. The van der Waals surface area contributed by atoms with E-state index in [4.69, 9.17) is 0 Å². The topological polar surface area (TPSA) is 78.3 Å². The molecular weight excluding hydrogens is 350 g/mol. The molecule has 1 aromatic heterocycles. The Bertz CT molecular complexity index is 852. The number of aromatic amines is 1. The molecule has 2 atom stereocenters. The number of likely N-dealkylation sites (tertiary alicyclic amines) is 1. The molecule has 3 heterocycles. The fraction of sp³-hybridized carbons (Fsp3) is 0.375. The van der Waals surface area contributed by atoms with Crippen LogP contribution >= 0.6 is 24.2 Å². The second-order valence-corrected chi connectivity index (χ2v) is 7.31. The average molecular weight is 368 g/mol. The zero-order valence-corrected chi connectivity index (χ0v) is 14.5. The van der Waals surface area contributed by atoms with Crippen LogP contribution in [0.5, 0.6) is 0 Å². The van der Waals surface area contributed by atoms with E-state index in [9.17, 15) is 14.8 Å². The Balaban J connectivity index is 0.00000169. The predicted octanol–water partition coefficient (Wildman–Crippen LogP) is 1.66. The van der Waals surface area contributed by atoms with E-state index in [-0.39, 0.29) is 28.3 Å². The smallest absolute Gasteiger partial charge is 0.362 e. The van der Waals surface area contributed by atoms with Gasteiger partial charge in [-0.05, 0) is 18.5 Å². The van der Waals surface area contributed by atoms with Crippen molar-refractivity contribution in [3.8, 4) is 0 Å².